The first kappa shape index (κ1) is 15.9. The Bertz CT molecular complexity index is 569. The fourth-order valence-corrected chi connectivity index (χ4v) is 2.49. The predicted octanol–water partition coefficient (Wildman–Crippen LogP) is 4.35. The molecule has 2 rings (SSSR count). The van der Waals surface area contributed by atoms with Crippen molar-refractivity contribution in [1.29, 1.82) is 0 Å². The molecule has 0 fully saturated rings. The number of nitrogens with two attached hydrogens (primary N) is 1. The molecule has 0 heterocycles. The number of nitrogens with one attached hydrogen (secondary N) is 1. The number of rotatable bonds is 6. The molecule has 0 saturated heterocycles. The molecule has 0 aliphatic rings. The van der Waals surface area contributed by atoms with E-state index in [0.29, 0.717) is 6.54 Å². The second-order valence-corrected chi connectivity index (χ2v) is 6.00. The molecule has 4 heteroatoms. The van der Waals surface area contributed by atoms with Gasteiger partial charge in [0.1, 0.15) is 5.75 Å². The average Bonchev–Trinajstić information content (AvgIpc) is 2.47. The van der Waals surface area contributed by atoms with Crippen molar-refractivity contribution < 1.29 is 4.74 Å². The van der Waals surface area contributed by atoms with E-state index in [1.807, 2.05) is 50.2 Å². The monoisotopic (exact) mass is 348 g/mol. The largest absolute Gasteiger partial charge is 0.491 e. The lowest BCUT2D eigenvalue weighted by molar-refractivity contribution is 0.242. The number of anilines is 1. The first-order valence-electron chi connectivity index (χ1n) is 7.08. The van der Waals surface area contributed by atoms with E-state index in [9.17, 15) is 0 Å². The Kier molecular flexibility index (Phi) is 5.65. The third-order valence-corrected chi connectivity index (χ3v) is 3.79. The topological polar surface area (TPSA) is 47.3 Å². The van der Waals surface area contributed by atoms with Gasteiger partial charge in [0.15, 0.2) is 0 Å². The Morgan fingerprint density at radius 1 is 1.10 bits per heavy atom. The first-order chi connectivity index (χ1) is 10.1. The Morgan fingerprint density at radius 2 is 1.76 bits per heavy atom. The molecule has 0 amide bonds. The smallest absolute Gasteiger partial charge is 0.119 e. The molecule has 1 atom stereocenters. The van der Waals surface area contributed by atoms with E-state index in [-0.39, 0.29) is 12.1 Å². The van der Waals surface area contributed by atoms with Gasteiger partial charge in [0, 0.05) is 16.7 Å². The van der Waals surface area contributed by atoms with Crippen molar-refractivity contribution in [1.82, 2.24) is 0 Å². The minimum Gasteiger partial charge on any atom is -0.491 e. The van der Waals surface area contributed by atoms with Crippen LogP contribution >= 0.6 is 15.9 Å². The van der Waals surface area contributed by atoms with Crippen LogP contribution in [0.2, 0.25) is 0 Å². The van der Waals surface area contributed by atoms with Gasteiger partial charge in [-0.05, 0) is 59.6 Å². The fourth-order valence-electron chi connectivity index (χ4n) is 2.10. The number of ether oxygens (including phenoxy) is 1. The molecule has 3 N–H and O–H groups in total. The maximum Gasteiger partial charge on any atom is 0.119 e. The van der Waals surface area contributed by atoms with E-state index in [2.05, 4.69) is 33.4 Å². The van der Waals surface area contributed by atoms with Crippen LogP contribution < -0.4 is 15.8 Å². The zero-order valence-electron chi connectivity index (χ0n) is 12.3. The number of benzene rings is 2. The van der Waals surface area contributed by atoms with E-state index >= 15 is 0 Å². The van der Waals surface area contributed by atoms with Crippen molar-refractivity contribution in [3.63, 3.8) is 0 Å². The van der Waals surface area contributed by atoms with Crippen molar-refractivity contribution >= 4 is 21.6 Å². The van der Waals surface area contributed by atoms with Crippen LogP contribution in [0, 0.1) is 0 Å². The summed E-state index contributed by atoms with van der Waals surface area (Å²) in [6.45, 7) is 4.56. The third kappa shape index (κ3) is 4.48. The van der Waals surface area contributed by atoms with Crippen LogP contribution in [0.3, 0.4) is 0 Å². The van der Waals surface area contributed by atoms with Crippen LogP contribution in [0.1, 0.15) is 25.5 Å². The van der Waals surface area contributed by atoms with Crippen molar-refractivity contribution in [2.75, 3.05) is 11.9 Å². The Labute approximate surface area is 134 Å². The number of halogens is 1. The third-order valence-electron chi connectivity index (χ3n) is 3.09. The molecule has 2 aromatic carbocycles. The molecule has 21 heavy (non-hydrogen) atoms. The fraction of sp³-hybridized carbons (Fsp3) is 0.294. The first-order valence-corrected chi connectivity index (χ1v) is 7.87. The van der Waals surface area contributed by atoms with Gasteiger partial charge in [0.05, 0.1) is 12.1 Å². The highest BCUT2D eigenvalue weighted by Gasteiger charge is 2.11. The van der Waals surface area contributed by atoms with Crippen LogP contribution in [-0.2, 0) is 0 Å². The van der Waals surface area contributed by atoms with Gasteiger partial charge in [0.2, 0.25) is 0 Å². The molecular weight excluding hydrogens is 328 g/mol. The summed E-state index contributed by atoms with van der Waals surface area (Å²) in [5.41, 5.74) is 8.09. The van der Waals surface area contributed by atoms with Crippen molar-refractivity contribution in [2.45, 2.75) is 26.0 Å². The van der Waals surface area contributed by atoms with Gasteiger partial charge in [-0.1, -0.05) is 24.3 Å². The van der Waals surface area contributed by atoms with Gasteiger partial charge >= 0.3 is 0 Å². The Hall–Kier alpha value is -1.52. The molecule has 1 unspecified atom stereocenters. The summed E-state index contributed by atoms with van der Waals surface area (Å²) in [5.74, 6) is 0.880. The van der Waals surface area contributed by atoms with Crippen LogP contribution in [0.5, 0.6) is 5.75 Å². The molecule has 0 bridgehead atoms. The average molecular weight is 349 g/mol. The summed E-state index contributed by atoms with van der Waals surface area (Å²) in [6, 6.07) is 16.2. The van der Waals surface area contributed by atoms with Gasteiger partial charge in [-0.25, -0.2) is 0 Å². The summed E-state index contributed by atoms with van der Waals surface area (Å²) >= 11 is 3.54. The van der Waals surface area contributed by atoms with E-state index in [1.165, 1.54) is 0 Å². The molecule has 0 radical (unpaired) electrons. The van der Waals surface area contributed by atoms with E-state index < -0.39 is 0 Å². The highest BCUT2D eigenvalue weighted by atomic mass is 79.9. The van der Waals surface area contributed by atoms with E-state index in [0.717, 1.165) is 21.5 Å². The number of hydrogen-bond donors (Lipinski definition) is 2. The quantitative estimate of drug-likeness (QED) is 0.815. The summed E-state index contributed by atoms with van der Waals surface area (Å²) in [7, 11) is 0. The minimum absolute atomic E-state index is 0.0665. The second kappa shape index (κ2) is 7.48. The van der Waals surface area contributed by atoms with Crippen molar-refractivity contribution in [3.8, 4) is 5.75 Å². The summed E-state index contributed by atoms with van der Waals surface area (Å²) in [6.07, 6.45) is 0.180. The highest BCUT2D eigenvalue weighted by molar-refractivity contribution is 9.10. The molecule has 0 aliphatic heterocycles. The van der Waals surface area contributed by atoms with Gasteiger partial charge in [-0.2, -0.15) is 0 Å². The molecule has 3 nitrogen and oxygen atoms in total. The van der Waals surface area contributed by atoms with Gasteiger partial charge in [-0.3, -0.25) is 0 Å². The number of hydrogen-bond acceptors (Lipinski definition) is 3. The Balaban J connectivity index is 2.12. The van der Waals surface area contributed by atoms with Gasteiger partial charge in [0.25, 0.3) is 0 Å². The van der Waals surface area contributed by atoms with Crippen LogP contribution in [-0.4, -0.2) is 12.6 Å². The summed E-state index contributed by atoms with van der Waals surface area (Å²) in [4.78, 5) is 0. The maximum atomic E-state index is 5.91. The highest BCUT2D eigenvalue weighted by Crippen LogP contribution is 2.27. The molecular formula is C17H21BrN2O. The lowest BCUT2D eigenvalue weighted by Gasteiger charge is -2.20. The van der Waals surface area contributed by atoms with Crippen LogP contribution in [0.15, 0.2) is 53.0 Å². The maximum absolute atomic E-state index is 5.91. The molecule has 2 aromatic rings. The standard InChI is InChI=1S/C17H21BrN2O/c1-12(2)21-14-9-7-13(8-10-14)17(11-19)20-16-6-4-3-5-15(16)18/h3-10,12,17,20H,11,19H2,1-2H3. The normalized spacial score (nSPS) is 12.2. The molecule has 0 aliphatic carbocycles. The summed E-state index contributed by atoms with van der Waals surface area (Å²) < 4.78 is 6.69. The SMILES string of the molecule is CC(C)Oc1ccc(C(CN)Nc2ccccc2Br)cc1. The lowest BCUT2D eigenvalue weighted by atomic mass is 10.1. The zero-order chi connectivity index (χ0) is 15.2. The van der Waals surface area contributed by atoms with Crippen molar-refractivity contribution in [3.05, 3.63) is 58.6 Å². The van der Waals surface area contributed by atoms with E-state index in [4.69, 9.17) is 10.5 Å². The molecule has 0 aromatic heterocycles. The lowest BCUT2D eigenvalue weighted by Crippen LogP contribution is -2.20. The second-order valence-electron chi connectivity index (χ2n) is 5.15. The van der Waals surface area contributed by atoms with Crippen molar-refractivity contribution in [2.24, 2.45) is 5.73 Å². The van der Waals surface area contributed by atoms with Gasteiger partial charge < -0.3 is 15.8 Å². The Morgan fingerprint density at radius 3 is 2.33 bits per heavy atom. The van der Waals surface area contributed by atoms with Gasteiger partial charge in [-0.15, -0.1) is 0 Å². The molecule has 112 valence electrons. The van der Waals surface area contributed by atoms with E-state index in [1.54, 1.807) is 0 Å². The van der Waals surface area contributed by atoms with Crippen LogP contribution in [0.25, 0.3) is 0 Å². The van der Waals surface area contributed by atoms with Crippen LogP contribution in [0.4, 0.5) is 5.69 Å². The molecule has 0 spiro atoms. The number of para-hydroxylation sites is 1. The zero-order valence-corrected chi connectivity index (χ0v) is 13.9. The summed E-state index contributed by atoms with van der Waals surface area (Å²) in [5, 5.41) is 3.46. The molecule has 0 saturated carbocycles. The minimum atomic E-state index is 0.0665. The predicted molar refractivity (Wildman–Crippen MR) is 91.8 cm³/mol.